The summed E-state index contributed by atoms with van der Waals surface area (Å²) >= 11 is 0. The van der Waals surface area contributed by atoms with Gasteiger partial charge in [0.2, 0.25) is 5.91 Å². The van der Waals surface area contributed by atoms with Crippen molar-refractivity contribution in [2.24, 2.45) is 0 Å². The maximum absolute atomic E-state index is 12.8. The van der Waals surface area contributed by atoms with Crippen molar-refractivity contribution < 1.29 is 14.4 Å². The summed E-state index contributed by atoms with van der Waals surface area (Å²) < 4.78 is 0. The Labute approximate surface area is 165 Å². The molecule has 0 radical (unpaired) electrons. The van der Waals surface area contributed by atoms with Crippen molar-refractivity contribution in [2.45, 2.75) is 57.4 Å². The number of rotatable bonds is 5. The molecule has 1 saturated carbocycles. The lowest BCUT2D eigenvalue weighted by atomic mass is 9.94. The molecule has 1 aliphatic carbocycles. The van der Waals surface area contributed by atoms with E-state index in [0.717, 1.165) is 23.6 Å². The Bertz CT molecular complexity index is 862. The maximum Gasteiger partial charge on any atom is 0.261 e. The Morgan fingerprint density at radius 3 is 2.14 bits per heavy atom. The van der Waals surface area contributed by atoms with Crippen LogP contribution < -0.4 is 5.32 Å². The predicted molar refractivity (Wildman–Crippen MR) is 108 cm³/mol. The molecule has 2 aliphatic rings. The molecule has 0 unspecified atom stereocenters. The first-order valence-corrected chi connectivity index (χ1v) is 10.3. The van der Waals surface area contributed by atoms with Crippen LogP contribution in [-0.2, 0) is 4.79 Å². The molecular formula is C23H26N2O3. The first-order valence-electron chi connectivity index (χ1n) is 10.3. The number of amides is 3. The van der Waals surface area contributed by atoms with E-state index in [1.54, 1.807) is 12.1 Å². The van der Waals surface area contributed by atoms with E-state index in [9.17, 15) is 14.4 Å². The average Bonchev–Trinajstić information content (AvgIpc) is 2.97. The van der Waals surface area contributed by atoms with Crippen molar-refractivity contribution >= 4 is 28.5 Å². The fourth-order valence-electron chi connectivity index (χ4n) is 4.40. The third kappa shape index (κ3) is 3.66. The van der Waals surface area contributed by atoms with Crippen LogP contribution >= 0.6 is 0 Å². The van der Waals surface area contributed by atoms with Crippen LogP contribution in [0.5, 0.6) is 0 Å². The van der Waals surface area contributed by atoms with E-state index < -0.39 is 0 Å². The minimum absolute atomic E-state index is 0.0197. The number of hydrogen-bond donors (Lipinski definition) is 1. The largest absolute Gasteiger partial charge is 0.353 e. The van der Waals surface area contributed by atoms with Gasteiger partial charge in [0.05, 0.1) is 0 Å². The second kappa shape index (κ2) is 8.13. The Morgan fingerprint density at radius 1 is 0.929 bits per heavy atom. The van der Waals surface area contributed by atoms with Gasteiger partial charge in [-0.25, -0.2) is 0 Å². The van der Waals surface area contributed by atoms with E-state index in [4.69, 9.17) is 0 Å². The van der Waals surface area contributed by atoms with Crippen molar-refractivity contribution in [1.29, 1.82) is 0 Å². The van der Waals surface area contributed by atoms with Crippen LogP contribution in [-0.4, -0.2) is 35.2 Å². The molecule has 0 spiro atoms. The minimum Gasteiger partial charge on any atom is -0.353 e. The SMILES string of the molecule is O=C(CCCN1C(=O)c2cccc3cccc(c23)C1=O)NC1CCCCCC1. The highest BCUT2D eigenvalue weighted by molar-refractivity contribution is 6.25. The minimum atomic E-state index is -0.265. The number of benzene rings is 2. The number of nitrogens with one attached hydrogen (secondary N) is 1. The molecule has 0 atom stereocenters. The van der Waals surface area contributed by atoms with E-state index in [1.807, 2.05) is 24.3 Å². The van der Waals surface area contributed by atoms with Crippen LogP contribution in [0, 0.1) is 0 Å². The molecule has 146 valence electrons. The molecule has 0 bridgehead atoms. The Hall–Kier alpha value is -2.69. The molecule has 1 aliphatic heterocycles. The molecular weight excluding hydrogens is 352 g/mol. The van der Waals surface area contributed by atoms with Gasteiger partial charge in [-0.15, -0.1) is 0 Å². The Morgan fingerprint density at radius 2 is 1.54 bits per heavy atom. The molecule has 28 heavy (non-hydrogen) atoms. The molecule has 0 saturated heterocycles. The second-order valence-electron chi connectivity index (χ2n) is 7.83. The van der Waals surface area contributed by atoms with Gasteiger partial charge < -0.3 is 5.32 Å². The summed E-state index contributed by atoms with van der Waals surface area (Å²) in [7, 11) is 0. The van der Waals surface area contributed by atoms with E-state index in [0.29, 0.717) is 24.0 Å². The normalized spacial score (nSPS) is 17.6. The van der Waals surface area contributed by atoms with Crippen LogP contribution in [0.25, 0.3) is 10.8 Å². The topological polar surface area (TPSA) is 66.5 Å². The summed E-state index contributed by atoms with van der Waals surface area (Å²) in [5.41, 5.74) is 1.13. The number of hydrogen-bond acceptors (Lipinski definition) is 3. The van der Waals surface area contributed by atoms with Gasteiger partial charge in [0.1, 0.15) is 0 Å². The smallest absolute Gasteiger partial charge is 0.261 e. The highest BCUT2D eigenvalue weighted by Gasteiger charge is 2.32. The molecule has 5 nitrogen and oxygen atoms in total. The maximum atomic E-state index is 12.8. The van der Waals surface area contributed by atoms with E-state index >= 15 is 0 Å². The van der Waals surface area contributed by atoms with Crippen molar-refractivity contribution in [3.05, 3.63) is 47.5 Å². The molecule has 5 heteroatoms. The second-order valence-corrected chi connectivity index (χ2v) is 7.83. The molecule has 2 aromatic carbocycles. The zero-order chi connectivity index (χ0) is 19.5. The van der Waals surface area contributed by atoms with Crippen LogP contribution in [0.4, 0.5) is 0 Å². The fourth-order valence-corrected chi connectivity index (χ4v) is 4.40. The van der Waals surface area contributed by atoms with Crippen LogP contribution in [0.15, 0.2) is 36.4 Å². The first-order chi connectivity index (χ1) is 13.6. The number of carbonyl (C=O) groups is 3. The van der Waals surface area contributed by atoms with Gasteiger partial charge in [-0.1, -0.05) is 49.9 Å². The lowest BCUT2D eigenvalue weighted by Crippen LogP contribution is -2.41. The zero-order valence-corrected chi connectivity index (χ0v) is 16.1. The molecule has 2 aromatic rings. The van der Waals surface area contributed by atoms with Crippen molar-refractivity contribution in [3.8, 4) is 0 Å². The Balaban J connectivity index is 1.38. The molecule has 3 amide bonds. The number of imide groups is 1. The highest BCUT2D eigenvalue weighted by atomic mass is 16.2. The van der Waals surface area contributed by atoms with Gasteiger partial charge >= 0.3 is 0 Å². The lowest BCUT2D eigenvalue weighted by molar-refractivity contribution is -0.122. The quantitative estimate of drug-likeness (QED) is 0.630. The summed E-state index contributed by atoms with van der Waals surface area (Å²) in [5.74, 6) is -0.511. The van der Waals surface area contributed by atoms with Gasteiger partial charge in [-0.3, -0.25) is 19.3 Å². The average molecular weight is 378 g/mol. The number of carbonyl (C=O) groups excluding carboxylic acids is 3. The summed E-state index contributed by atoms with van der Waals surface area (Å²) in [4.78, 5) is 39.3. The van der Waals surface area contributed by atoms with Crippen molar-refractivity contribution in [2.75, 3.05) is 6.54 Å². The van der Waals surface area contributed by atoms with Gasteiger partial charge in [0, 0.05) is 35.5 Å². The molecule has 0 aromatic heterocycles. The van der Waals surface area contributed by atoms with Crippen LogP contribution in [0.1, 0.15) is 72.1 Å². The van der Waals surface area contributed by atoms with Crippen molar-refractivity contribution in [1.82, 2.24) is 10.2 Å². The summed E-state index contributed by atoms with van der Waals surface area (Å²) in [6, 6.07) is 11.3. The van der Waals surface area contributed by atoms with E-state index in [1.165, 1.54) is 30.6 Å². The predicted octanol–water partition coefficient (Wildman–Crippen LogP) is 4.06. The summed E-state index contributed by atoms with van der Waals surface area (Å²) in [6.07, 6.45) is 7.76. The van der Waals surface area contributed by atoms with Crippen molar-refractivity contribution in [3.63, 3.8) is 0 Å². The van der Waals surface area contributed by atoms with E-state index in [-0.39, 0.29) is 30.3 Å². The molecule has 1 N–H and O–H groups in total. The molecule has 4 rings (SSSR count). The summed E-state index contributed by atoms with van der Waals surface area (Å²) in [6.45, 7) is 0.264. The highest BCUT2D eigenvalue weighted by Crippen LogP contribution is 2.30. The standard InChI is InChI=1S/C23H26N2O3/c26-20(24-17-10-3-1-2-4-11-17)14-7-15-25-22(27)18-12-5-8-16-9-6-13-19(21(16)18)23(25)28/h5-6,8-9,12-13,17H,1-4,7,10-11,14-15H2,(H,24,26). The summed E-state index contributed by atoms with van der Waals surface area (Å²) in [5, 5.41) is 4.76. The van der Waals surface area contributed by atoms with Gasteiger partial charge in [-0.05, 0) is 36.8 Å². The monoisotopic (exact) mass is 378 g/mol. The van der Waals surface area contributed by atoms with Gasteiger partial charge in [0.15, 0.2) is 0 Å². The van der Waals surface area contributed by atoms with E-state index in [2.05, 4.69) is 5.32 Å². The third-order valence-corrected chi connectivity index (χ3v) is 5.86. The molecule has 1 fully saturated rings. The first kappa shape index (κ1) is 18.7. The zero-order valence-electron chi connectivity index (χ0n) is 16.1. The number of nitrogens with zero attached hydrogens (tertiary/aromatic N) is 1. The fraction of sp³-hybridized carbons (Fsp3) is 0.435. The Kier molecular flexibility index (Phi) is 5.42. The van der Waals surface area contributed by atoms with Crippen LogP contribution in [0.3, 0.4) is 0 Å². The lowest BCUT2D eigenvalue weighted by Gasteiger charge is -2.27. The van der Waals surface area contributed by atoms with Gasteiger partial charge in [-0.2, -0.15) is 0 Å². The van der Waals surface area contributed by atoms with Crippen LogP contribution in [0.2, 0.25) is 0 Å². The van der Waals surface area contributed by atoms with Gasteiger partial charge in [0.25, 0.3) is 11.8 Å². The molecule has 1 heterocycles. The third-order valence-electron chi connectivity index (χ3n) is 5.86.